The lowest BCUT2D eigenvalue weighted by Crippen LogP contribution is -2.38. The molecule has 1 aliphatic rings. The normalized spacial score (nSPS) is 26.3. The van der Waals surface area contributed by atoms with Crippen LogP contribution in [0, 0.1) is 0 Å². The number of nitrogens with one attached hydrogen (secondary N) is 1. The second kappa shape index (κ2) is 9.64. The van der Waals surface area contributed by atoms with E-state index in [-0.39, 0.29) is 0 Å². The highest BCUT2D eigenvalue weighted by atomic mass is 32.2. The summed E-state index contributed by atoms with van der Waals surface area (Å²) in [5.74, 6) is 0. The van der Waals surface area contributed by atoms with Crippen LogP contribution in [0.1, 0.15) is 33.1 Å². The van der Waals surface area contributed by atoms with E-state index in [1.54, 1.807) is 7.11 Å². The molecule has 0 aromatic rings. The quantitative estimate of drug-likeness (QED) is 0.690. The van der Waals surface area contributed by atoms with E-state index in [0.29, 0.717) is 24.5 Å². The van der Waals surface area contributed by atoms with Gasteiger partial charge in [0.05, 0.1) is 13.2 Å². The fourth-order valence-electron chi connectivity index (χ4n) is 1.86. The molecule has 0 saturated carbocycles. The predicted octanol–water partition coefficient (Wildman–Crippen LogP) is 2.29. The zero-order valence-electron chi connectivity index (χ0n) is 11.8. The van der Waals surface area contributed by atoms with Crippen LogP contribution in [-0.2, 0) is 9.47 Å². The molecule has 0 bridgehead atoms. The zero-order valence-corrected chi connectivity index (χ0v) is 12.6. The second-order valence-corrected chi connectivity index (χ2v) is 6.14. The summed E-state index contributed by atoms with van der Waals surface area (Å²) < 4.78 is 10.3. The summed E-state index contributed by atoms with van der Waals surface area (Å²) in [6.07, 6.45) is 3.37. The van der Waals surface area contributed by atoms with Crippen molar-refractivity contribution in [2.24, 2.45) is 4.99 Å². The average Bonchev–Trinajstić information content (AvgIpc) is 2.31. The standard InChI is InChI=1S/C13H26N2O2S/c1-11-10-12(2)18-13(15-11)14-6-4-5-7-17-9-8-16-3/h11-12H,4-10H2,1-3H3,(H,14,15). The Morgan fingerprint density at radius 2 is 2.11 bits per heavy atom. The number of amidine groups is 1. The van der Waals surface area contributed by atoms with E-state index < -0.39 is 0 Å². The van der Waals surface area contributed by atoms with Crippen LogP contribution in [-0.4, -0.2) is 49.9 Å². The predicted molar refractivity (Wildman–Crippen MR) is 78.5 cm³/mol. The highest BCUT2D eigenvalue weighted by molar-refractivity contribution is 8.14. The molecule has 1 fully saturated rings. The van der Waals surface area contributed by atoms with Crippen molar-refractivity contribution in [3.8, 4) is 0 Å². The molecule has 4 nitrogen and oxygen atoms in total. The van der Waals surface area contributed by atoms with Gasteiger partial charge in [-0.15, -0.1) is 0 Å². The number of hydrogen-bond donors (Lipinski definition) is 1. The highest BCUT2D eigenvalue weighted by Gasteiger charge is 2.19. The van der Waals surface area contributed by atoms with Crippen LogP contribution in [0.3, 0.4) is 0 Å². The molecule has 106 valence electrons. The molecule has 1 heterocycles. The minimum atomic E-state index is 0.553. The molecule has 0 aromatic heterocycles. The van der Waals surface area contributed by atoms with Gasteiger partial charge in [-0.3, -0.25) is 4.99 Å². The average molecular weight is 274 g/mol. The summed E-state index contributed by atoms with van der Waals surface area (Å²) in [5.41, 5.74) is 0. The summed E-state index contributed by atoms with van der Waals surface area (Å²) in [6.45, 7) is 7.55. The summed E-state index contributed by atoms with van der Waals surface area (Å²) in [4.78, 5) is 4.61. The third-order valence-electron chi connectivity index (χ3n) is 2.75. The summed E-state index contributed by atoms with van der Waals surface area (Å²) in [5, 5.41) is 5.22. The smallest absolute Gasteiger partial charge is 0.157 e. The molecule has 1 rings (SSSR count). The first-order chi connectivity index (χ1) is 8.72. The maximum absolute atomic E-state index is 5.41. The lowest BCUT2D eigenvalue weighted by molar-refractivity contribution is 0.0690. The first-order valence-electron chi connectivity index (χ1n) is 6.76. The number of methoxy groups -OCH3 is 1. The Kier molecular flexibility index (Phi) is 8.46. The van der Waals surface area contributed by atoms with Crippen molar-refractivity contribution in [3.63, 3.8) is 0 Å². The Labute approximate surface area is 115 Å². The third-order valence-corrected chi connectivity index (χ3v) is 3.82. The van der Waals surface area contributed by atoms with Gasteiger partial charge in [0, 0.05) is 31.6 Å². The van der Waals surface area contributed by atoms with Crippen LogP contribution in [0.15, 0.2) is 4.99 Å². The molecule has 0 amide bonds. The van der Waals surface area contributed by atoms with Gasteiger partial charge in [-0.1, -0.05) is 18.7 Å². The molecule has 5 heteroatoms. The number of rotatable bonds is 8. The molecule has 0 aromatic carbocycles. The third kappa shape index (κ3) is 7.24. The van der Waals surface area contributed by atoms with E-state index in [2.05, 4.69) is 24.2 Å². The number of ether oxygens (including phenoxy) is 2. The van der Waals surface area contributed by atoms with Crippen molar-refractivity contribution in [2.45, 2.75) is 44.4 Å². The Morgan fingerprint density at radius 1 is 1.28 bits per heavy atom. The van der Waals surface area contributed by atoms with Gasteiger partial charge in [-0.25, -0.2) is 0 Å². The summed E-state index contributed by atoms with van der Waals surface area (Å²) in [6, 6.07) is 0.553. The van der Waals surface area contributed by atoms with E-state index >= 15 is 0 Å². The summed E-state index contributed by atoms with van der Waals surface area (Å²) in [7, 11) is 1.69. The number of hydrogen-bond acceptors (Lipinski definition) is 4. The number of thioether (sulfide) groups is 1. The summed E-state index contributed by atoms with van der Waals surface area (Å²) >= 11 is 1.86. The largest absolute Gasteiger partial charge is 0.382 e. The molecule has 0 aliphatic carbocycles. The molecule has 0 spiro atoms. The lowest BCUT2D eigenvalue weighted by Gasteiger charge is -2.26. The maximum Gasteiger partial charge on any atom is 0.157 e. The monoisotopic (exact) mass is 274 g/mol. The molecule has 18 heavy (non-hydrogen) atoms. The molecule has 0 radical (unpaired) electrons. The van der Waals surface area contributed by atoms with Gasteiger partial charge in [-0.2, -0.15) is 0 Å². The van der Waals surface area contributed by atoms with E-state index in [0.717, 1.165) is 31.2 Å². The maximum atomic E-state index is 5.41. The van der Waals surface area contributed by atoms with Crippen LogP contribution < -0.4 is 5.32 Å². The van der Waals surface area contributed by atoms with Crippen LogP contribution in [0.25, 0.3) is 0 Å². The van der Waals surface area contributed by atoms with E-state index in [1.165, 1.54) is 6.42 Å². The highest BCUT2D eigenvalue weighted by Crippen LogP contribution is 2.22. The van der Waals surface area contributed by atoms with Crippen LogP contribution in [0.4, 0.5) is 0 Å². The van der Waals surface area contributed by atoms with Crippen LogP contribution in [0.5, 0.6) is 0 Å². The molecule has 2 atom stereocenters. The van der Waals surface area contributed by atoms with E-state index in [4.69, 9.17) is 9.47 Å². The van der Waals surface area contributed by atoms with Gasteiger partial charge < -0.3 is 14.8 Å². The molecule has 1 saturated heterocycles. The van der Waals surface area contributed by atoms with Gasteiger partial charge in [0.1, 0.15) is 0 Å². The topological polar surface area (TPSA) is 42.9 Å². The van der Waals surface area contributed by atoms with Crippen molar-refractivity contribution in [2.75, 3.05) is 33.5 Å². The van der Waals surface area contributed by atoms with E-state index in [1.807, 2.05) is 11.8 Å². The van der Waals surface area contributed by atoms with Crippen molar-refractivity contribution < 1.29 is 9.47 Å². The molecular weight excluding hydrogens is 248 g/mol. The minimum Gasteiger partial charge on any atom is -0.382 e. The fraction of sp³-hybridized carbons (Fsp3) is 0.923. The van der Waals surface area contributed by atoms with Crippen molar-refractivity contribution >= 4 is 16.9 Å². The van der Waals surface area contributed by atoms with Gasteiger partial charge in [0.25, 0.3) is 0 Å². The Hall–Kier alpha value is -0.260. The first kappa shape index (κ1) is 15.8. The molecule has 1 N–H and O–H groups in total. The Bertz CT molecular complexity index is 237. The van der Waals surface area contributed by atoms with Crippen molar-refractivity contribution in [1.82, 2.24) is 5.32 Å². The Balaban J connectivity index is 2.02. The van der Waals surface area contributed by atoms with Crippen LogP contribution in [0.2, 0.25) is 0 Å². The molecule has 1 aliphatic heterocycles. The minimum absolute atomic E-state index is 0.553. The van der Waals surface area contributed by atoms with Crippen LogP contribution >= 0.6 is 11.8 Å². The fourth-order valence-corrected chi connectivity index (χ4v) is 3.07. The lowest BCUT2D eigenvalue weighted by atomic mass is 10.2. The first-order valence-corrected chi connectivity index (χ1v) is 7.64. The van der Waals surface area contributed by atoms with Gasteiger partial charge in [-0.05, 0) is 26.2 Å². The second-order valence-electron chi connectivity index (χ2n) is 4.71. The van der Waals surface area contributed by atoms with Gasteiger partial charge >= 0.3 is 0 Å². The molecule has 2 unspecified atom stereocenters. The SMILES string of the molecule is COCCOCCCCN=C1NC(C)CC(C)S1. The Morgan fingerprint density at radius 3 is 2.83 bits per heavy atom. The van der Waals surface area contributed by atoms with Crippen molar-refractivity contribution in [3.05, 3.63) is 0 Å². The zero-order chi connectivity index (χ0) is 13.2. The van der Waals surface area contributed by atoms with Crippen molar-refractivity contribution in [1.29, 1.82) is 0 Å². The number of aliphatic imine (C=N–C) groups is 1. The van der Waals surface area contributed by atoms with Gasteiger partial charge in [0.15, 0.2) is 5.17 Å². The molecular formula is C13H26N2O2S. The van der Waals surface area contributed by atoms with E-state index in [9.17, 15) is 0 Å². The number of nitrogens with zero attached hydrogens (tertiary/aromatic N) is 1. The number of unbranched alkanes of at least 4 members (excludes halogenated alkanes) is 1. The van der Waals surface area contributed by atoms with Gasteiger partial charge in [0.2, 0.25) is 0 Å².